The van der Waals surface area contributed by atoms with E-state index in [1.807, 2.05) is 18.2 Å². The van der Waals surface area contributed by atoms with Crippen molar-refractivity contribution in [1.29, 1.82) is 0 Å². The molecule has 0 spiro atoms. The van der Waals surface area contributed by atoms with Gasteiger partial charge in [0.1, 0.15) is 0 Å². The largest absolute Gasteiger partial charge is 0.261 e. The molecule has 2 aromatic rings. The molecule has 0 saturated carbocycles. The van der Waals surface area contributed by atoms with E-state index in [-0.39, 0.29) is 4.90 Å². The van der Waals surface area contributed by atoms with Crippen LogP contribution in [0.15, 0.2) is 59.6 Å². The van der Waals surface area contributed by atoms with Gasteiger partial charge in [0, 0.05) is 41.0 Å². The van der Waals surface area contributed by atoms with E-state index in [1.54, 1.807) is 36.5 Å². The molecule has 0 unspecified atom stereocenters. The van der Waals surface area contributed by atoms with Gasteiger partial charge in [-0.3, -0.25) is 4.98 Å². The number of aromatic nitrogens is 1. The summed E-state index contributed by atoms with van der Waals surface area (Å²) in [5, 5.41) is 0. The van der Waals surface area contributed by atoms with Gasteiger partial charge in [0.2, 0.25) is 0 Å². The van der Waals surface area contributed by atoms with E-state index in [4.69, 9.17) is 0 Å². The number of rotatable bonds is 5. The Morgan fingerprint density at radius 2 is 1.74 bits per heavy atom. The summed E-state index contributed by atoms with van der Waals surface area (Å²) in [6, 6.07) is 13.9. The summed E-state index contributed by atoms with van der Waals surface area (Å²) < 4.78 is 25.6. The Kier molecular flexibility index (Phi) is 4.68. The molecule has 6 heteroatoms. The third kappa shape index (κ3) is 3.62. The van der Waals surface area contributed by atoms with Crippen molar-refractivity contribution in [1.82, 2.24) is 8.32 Å². The van der Waals surface area contributed by atoms with Crippen LogP contribution in [0.4, 0.5) is 0 Å². The molecule has 19 heavy (non-hydrogen) atoms. The standard InChI is InChI=1S/C13H13BrN2O2S/c14-16(11-9-12-6-4-5-10-15-12)19(17,18)13-7-2-1-3-8-13/h1-8,10H,9,11H2. The highest BCUT2D eigenvalue weighted by Gasteiger charge is 2.21. The molecule has 0 amide bonds. The molecule has 4 nitrogen and oxygen atoms in total. The topological polar surface area (TPSA) is 50.3 Å². The van der Waals surface area contributed by atoms with Crippen molar-refractivity contribution in [2.24, 2.45) is 0 Å². The van der Waals surface area contributed by atoms with Crippen LogP contribution in [0.25, 0.3) is 0 Å². The maximum absolute atomic E-state index is 12.2. The average molecular weight is 341 g/mol. The van der Waals surface area contributed by atoms with E-state index in [2.05, 4.69) is 21.1 Å². The summed E-state index contributed by atoms with van der Waals surface area (Å²) in [6.45, 7) is 0.328. The third-order valence-corrected chi connectivity index (χ3v) is 5.64. The Morgan fingerprint density at radius 1 is 1.05 bits per heavy atom. The lowest BCUT2D eigenvalue weighted by Crippen LogP contribution is -2.23. The SMILES string of the molecule is O=S(=O)(c1ccccc1)N(Br)CCc1ccccn1. The lowest BCUT2D eigenvalue weighted by Gasteiger charge is -2.14. The van der Waals surface area contributed by atoms with E-state index in [1.165, 1.54) is 3.33 Å². The number of nitrogens with zero attached hydrogens (tertiary/aromatic N) is 2. The highest BCUT2D eigenvalue weighted by atomic mass is 79.9. The Labute approximate surface area is 121 Å². The minimum absolute atomic E-state index is 0.271. The lowest BCUT2D eigenvalue weighted by atomic mass is 10.3. The maximum Gasteiger partial charge on any atom is 0.252 e. The molecule has 0 saturated heterocycles. The van der Waals surface area contributed by atoms with Gasteiger partial charge in [0.25, 0.3) is 10.0 Å². The van der Waals surface area contributed by atoms with Crippen LogP contribution in [0, 0.1) is 0 Å². The highest BCUT2D eigenvalue weighted by molar-refractivity contribution is 9.08. The van der Waals surface area contributed by atoms with Gasteiger partial charge in [-0.25, -0.2) is 8.42 Å². The summed E-state index contributed by atoms with van der Waals surface area (Å²) in [6.07, 6.45) is 2.25. The number of halogens is 1. The van der Waals surface area contributed by atoms with Crippen LogP contribution in [-0.4, -0.2) is 23.3 Å². The smallest absolute Gasteiger partial charge is 0.252 e. The fourth-order valence-electron chi connectivity index (χ4n) is 1.58. The number of sulfonamides is 1. The normalized spacial score (nSPS) is 11.7. The van der Waals surface area contributed by atoms with Crippen molar-refractivity contribution >= 4 is 26.2 Å². The van der Waals surface area contributed by atoms with Crippen LogP contribution in [0.2, 0.25) is 0 Å². The molecule has 0 radical (unpaired) electrons. The third-order valence-electron chi connectivity index (χ3n) is 2.57. The number of benzene rings is 1. The lowest BCUT2D eigenvalue weighted by molar-refractivity contribution is 0.546. The molecule has 0 N–H and O–H groups in total. The van der Waals surface area contributed by atoms with Crippen molar-refractivity contribution in [3.8, 4) is 0 Å². The van der Waals surface area contributed by atoms with Gasteiger partial charge >= 0.3 is 0 Å². The minimum atomic E-state index is -3.49. The fraction of sp³-hybridized carbons (Fsp3) is 0.154. The van der Waals surface area contributed by atoms with Gasteiger partial charge in [-0.2, -0.15) is 0 Å². The summed E-state index contributed by atoms with van der Waals surface area (Å²) in [5.41, 5.74) is 0.857. The quantitative estimate of drug-likeness (QED) is 0.786. The minimum Gasteiger partial charge on any atom is -0.261 e. The first kappa shape index (κ1) is 14.2. The zero-order valence-electron chi connectivity index (χ0n) is 10.1. The van der Waals surface area contributed by atoms with Crippen molar-refractivity contribution in [3.05, 3.63) is 60.4 Å². The van der Waals surface area contributed by atoms with Gasteiger partial charge < -0.3 is 0 Å². The highest BCUT2D eigenvalue weighted by Crippen LogP contribution is 2.18. The molecule has 100 valence electrons. The molecule has 1 aromatic heterocycles. The van der Waals surface area contributed by atoms with E-state index in [0.717, 1.165) is 5.69 Å². The molecular weight excluding hydrogens is 328 g/mol. The molecule has 1 heterocycles. The molecule has 2 rings (SSSR count). The second kappa shape index (κ2) is 6.27. The second-order valence-corrected chi connectivity index (χ2v) is 7.09. The molecule has 0 atom stereocenters. The molecule has 0 bridgehead atoms. The van der Waals surface area contributed by atoms with Crippen molar-refractivity contribution < 1.29 is 8.42 Å². The summed E-state index contributed by atoms with van der Waals surface area (Å²) in [7, 11) is -3.49. The van der Waals surface area contributed by atoms with Crippen LogP contribution < -0.4 is 0 Å². The number of hydrogen-bond donors (Lipinski definition) is 0. The predicted octanol–water partition coefficient (Wildman–Crippen LogP) is 2.62. The van der Waals surface area contributed by atoms with E-state index < -0.39 is 10.0 Å². The van der Waals surface area contributed by atoms with Crippen molar-refractivity contribution in [2.45, 2.75) is 11.3 Å². The zero-order chi connectivity index (χ0) is 13.7. The van der Waals surface area contributed by atoms with Crippen LogP contribution in [0.1, 0.15) is 5.69 Å². The van der Waals surface area contributed by atoms with Gasteiger partial charge in [0.05, 0.1) is 4.90 Å². The van der Waals surface area contributed by atoms with E-state index in [9.17, 15) is 8.42 Å². The summed E-state index contributed by atoms with van der Waals surface area (Å²) in [5.74, 6) is 0. The van der Waals surface area contributed by atoms with Crippen molar-refractivity contribution in [3.63, 3.8) is 0 Å². The molecule has 0 aliphatic heterocycles. The fourth-order valence-corrected chi connectivity index (χ4v) is 3.32. The number of pyridine rings is 1. The van der Waals surface area contributed by atoms with Crippen molar-refractivity contribution in [2.75, 3.05) is 6.54 Å². The van der Waals surface area contributed by atoms with Crippen LogP contribution in [0.3, 0.4) is 0 Å². The molecule has 0 aliphatic rings. The average Bonchev–Trinajstić information content (AvgIpc) is 2.46. The molecule has 0 fully saturated rings. The first-order valence-electron chi connectivity index (χ1n) is 5.74. The Balaban J connectivity index is 2.06. The van der Waals surface area contributed by atoms with Gasteiger partial charge in [-0.15, -0.1) is 3.33 Å². The maximum atomic E-state index is 12.2. The van der Waals surface area contributed by atoms with E-state index in [0.29, 0.717) is 13.0 Å². The van der Waals surface area contributed by atoms with Gasteiger partial charge in [-0.1, -0.05) is 24.3 Å². The van der Waals surface area contributed by atoms with Crippen LogP contribution in [0.5, 0.6) is 0 Å². The van der Waals surface area contributed by atoms with E-state index >= 15 is 0 Å². The van der Waals surface area contributed by atoms with Crippen LogP contribution >= 0.6 is 16.1 Å². The van der Waals surface area contributed by atoms with Gasteiger partial charge in [-0.05, 0) is 24.3 Å². The number of hydrogen-bond acceptors (Lipinski definition) is 3. The Bertz CT molecular complexity index is 618. The van der Waals surface area contributed by atoms with Crippen LogP contribution in [-0.2, 0) is 16.4 Å². The predicted molar refractivity (Wildman–Crippen MR) is 77.2 cm³/mol. The monoisotopic (exact) mass is 340 g/mol. The molecule has 0 aliphatic carbocycles. The molecule has 1 aromatic carbocycles. The first-order valence-corrected chi connectivity index (χ1v) is 7.89. The molecular formula is C13H13BrN2O2S. The summed E-state index contributed by atoms with van der Waals surface area (Å²) in [4.78, 5) is 4.43. The zero-order valence-corrected chi connectivity index (χ0v) is 12.5. The van der Waals surface area contributed by atoms with Gasteiger partial charge in [0.15, 0.2) is 0 Å². The second-order valence-electron chi connectivity index (χ2n) is 3.90. The summed E-state index contributed by atoms with van der Waals surface area (Å²) >= 11 is 3.11. The first-order chi connectivity index (χ1) is 9.10. The Morgan fingerprint density at radius 3 is 2.37 bits per heavy atom. The Hall–Kier alpha value is -1.24.